The predicted molar refractivity (Wildman–Crippen MR) is 127 cm³/mol. The Morgan fingerprint density at radius 2 is 1.38 bits per heavy atom. The second-order valence-electron chi connectivity index (χ2n) is 8.29. The highest BCUT2D eigenvalue weighted by Crippen LogP contribution is 2.38. The Balaban J connectivity index is 1.91. The van der Waals surface area contributed by atoms with Crippen LogP contribution in [0.25, 0.3) is 33.5 Å². The molecule has 0 radical (unpaired) electrons. The highest BCUT2D eigenvalue weighted by molar-refractivity contribution is 9.10. The molecule has 0 aliphatic rings. The molecule has 4 rings (SSSR count). The minimum absolute atomic E-state index is 0.0921. The second-order valence-corrected chi connectivity index (χ2v) is 9.14. The highest BCUT2D eigenvalue weighted by Gasteiger charge is 2.16. The molecule has 0 aliphatic heterocycles. The van der Waals surface area contributed by atoms with Gasteiger partial charge in [-0.1, -0.05) is 97.4 Å². The van der Waals surface area contributed by atoms with E-state index in [-0.39, 0.29) is 5.41 Å². The van der Waals surface area contributed by atoms with Gasteiger partial charge in [0.25, 0.3) is 0 Å². The van der Waals surface area contributed by atoms with Crippen LogP contribution in [0.1, 0.15) is 26.3 Å². The molecule has 2 heteroatoms. The fourth-order valence-corrected chi connectivity index (χ4v) is 4.03. The molecule has 0 atom stereocenters. The van der Waals surface area contributed by atoms with Gasteiger partial charge < -0.3 is 0 Å². The van der Waals surface area contributed by atoms with Crippen molar-refractivity contribution in [3.63, 3.8) is 0 Å². The first-order valence-electron chi connectivity index (χ1n) is 9.85. The van der Waals surface area contributed by atoms with E-state index in [1.165, 1.54) is 27.8 Å². The molecular weight excluding hydrogens is 418 g/mol. The lowest BCUT2D eigenvalue weighted by Crippen LogP contribution is -2.11. The van der Waals surface area contributed by atoms with E-state index in [1.54, 1.807) is 0 Å². The van der Waals surface area contributed by atoms with Crippen LogP contribution in [0.3, 0.4) is 0 Å². The van der Waals surface area contributed by atoms with E-state index in [4.69, 9.17) is 0 Å². The van der Waals surface area contributed by atoms with Gasteiger partial charge in [0.05, 0.1) is 5.69 Å². The van der Waals surface area contributed by atoms with Gasteiger partial charge in [0.15, 0.2) is 0 Å². The maximum Gasteiger partial charge on any atom is 0.0705 e. The van der Waals surface area contributed by atoms with Gasteiger partial charge in [-0.25, -0.2) is 0 Å². The monoisotopic (exact) mass is 441 g/mol. The standard InChI is InChI=1S/C27H24BrN/c1-27(2,3)21-15-16-29-26(18-21)20-13-14-22(23-11-7-8-12-25(23)28)24(17-20)19-9-5-4-6-10-19/h4-18H,1-3H3. The molecule has 0 saturated carbocycles. The Kier molecular flexibility index (Phi) is 5.38. The van der Waals surface area contributed by atoms with Gasteiger partial charge in [0.2, 0.25) is 0 Å². The van der Waals surface area contributed by atoms with Crippen molar-refractivity contribution in [2.45, 2.75) is 26.2 Å². The van der Waals surface area contributed by atoms with Crippen LogP contribution in [0.5, 0.6) is 0 Å². The summed E-state index contributed by atoms with van der Waals surface area (Å²) >= 11 is 3.72. The zero-order valence-electron chi connectivity index (χ0n) is 17.0. The van der Waals surface area contributed by atoms with E-state index >= 15 is 0 Å². The second kappa shape index (κ2) is 7.96. The molecular formula is C27H24BrN. The van der Waals surface area contributed by atoms with Gasteiger partial charge in [-0.3, -0.25) is 4.98 Å². The molecule has 1 nitrogen and oxygen atoms in total. The summed E-state index contributed by atoms with van der Waals surface area (Å²) in [6.45, 7) is 6.70. The van der Waals surface area contributed by atoms with Crippen molar-refractivity contribution in [3.05, 3.63) is 101 Å². The molecule has 0 fully saturated rings. The van der Waals surface area contributed by atoms with Gasteiger partial charge in [-0.15, -0.1) is 0 Å². The molecule has 1 aromatic heterocycles. The molecule has 29 heavy (non-hydrogen) atoms. The van der Waals surface area contributed by atoms with Crippen LogP contribution in [0.2, 0.25) is 0 Å². The molecule has 0 unspecified atom stereocenters. The summed E-state index contributed by atoms with van der Waals surface area (Å²) in [6.07, 6.45) is 1.92. The third-order valence-corrected chi connectivity index (χ3v) is 5.88. The minimum atomic E-state index is 0.0921. The Morgan fingerprint density at radius 1 is 0.655 bits per heavy atom. The number of halogens is 1. The summed E-state index contributed by atoms with van der Waals surface area (Å²) in [5.74, 6) is 0. The number of nitrogens with zero attached hydrogens (tertiary/aromatic N) is 1. The Morgan fingerprint density at radius 3 is 2.10 bits per heavy atom. The first-order chi connectivity index (χ1) is 13.9. The Bertz CT molecular complexity index is 1140. The fraction of sp³-hybridized carbons (Fsp3) is 0.148. The summed E-state index contributed by atoms with van der Waals surface area (Å²) in [4.78, 5) is 4.67. The summed E-state index contributed by atoms with van der Waals surface area (Å²) in [6, 6.07) is 29.9. The van der Waals surface area contributed by atoms with E-state index in [1.807, 2.05) is 12.3 Å². The number of hydrogen-bond donors (Lipinski definition) is 0. The van der Waals surface area contributed by atoms with Crippen molar-refractivity contribution in [1.29, 1.82) is 0 Å². The number of benzene rings is 3. The number of hydrogen-bond acceptors (Lipinski definition) is 1. The smallest absolute Gasteiger partial charge is 0.0705 e. The molecule has 0 spiro atoms. The average Bonchev–Trinajstić information content (AvgIpc) is 2.74. The van der Waals surface area contributed by atoms with Crippen LogP contribution in [-0.4, -0.2) is 4.98 Å². The van der Waals surface area contributed by atoms with Crippen molar-refractivity contribution in [1.82, 2.24) is 4.98 Å². The van der Waals surface area contributed by atoms with Crippen LogP contribution in [0.4, 0.5) is 0 Å². The van der Waals surface area contributed by atoms with Crippen LogP contribution in [0.15, 0.2) is 95.6 Å². The maximum atomic E-state index is 4.67. The SMILES string of the molecule is CC(C)(C)c1ccnc(-c2ccc(-c3ccccc3Br)c(-c3ccccc3)c2)c1. The van der Waals surface area contributed by atoms with Gasteiger partial charge in [-0.05, 0) is 57.5 Å². The molecule has 0 bridgehead atoms. The van der Waals surface area contributed by atoms with Crippen LogP contribution in [0, 0.1) is 0 Å². The lowest BCUT2D eigenvalue weighted by atomic mass is 9.86. The lowest BCUT2D eigenvalue weighted by Gasteiger charge is -2.20. The van der Waals surface area contributed by atoms with Gasteiger partial charge in [0, 0.05) is 16.2 Å². The first kappa shape index (κ1) is 19.6. The normalized spacial score (nSPS) is 11.4. The van der Waals surface area contributed by atoms with E-state index in [9.17, 15) is 0 Å². The molecule has 4 aromatic rings. The van der Waals surface area contributed by atoms with Crippen molar-refractivity contribution < 1.29 is 0 Å². The van der Waals surface area contributed by atoms with E-state index < -0.39 is 0 Å². The van der Waals surface area contributed by atoms with Crippen molar-refractivity contribution in [2.75, 3.05) is 0 Å². The van der Waals surface area contributed by atoms with E-state index in [0.717, 1.165) is 15.7 Å². The first-order valence-corrected chi connectivity index (χ1v) is 10.6. The zero-order valence-corrected chi connectivity index (χ0v) is 18.6. The highest BCUT2D eigenvalue weighted by atomic mass is 79.9. The fourth-order valence-electron chi connectivity index (χ4n) is 3.53. The van der Waals surface area contributed by atoms with Gasteiger partial charge in [-0.2, -0.15) is 0 Å². The summed E-state index contributed by atoms with van der Waals surface area (Å²) < 4.78 is 1.10. The summed E-state index contributed by atoms with van der Waals surface area (Å²) in [5.41, 5.74) is 8.32. The largest absolute Gasteiger partial charge is 0.256 e. The minimum Gasteiger partial charge on any atom is -0.256 e. The number of pyridine rings is 1. The topological polar surface area (TPSA) is 12.9 Å². The van der Waals surface area contributed by atoms with Gasteiger partial charge in [0.1, 0.15) is 0 Å². The van der Waals surface area contributed by atoms with E-state index in [0.29, 0.717) is 0 Å². The number of rotatable bonds is 3. The van der Waals surface area contributed by atoms with Gasteiger partial charge >= 0.3 is 0 Å². The molecule has 3 aromatic carbocycles. The predicted octanol–water partition coefficient (Wildman–Crippen LogP) is 8.14. The average molecular weight is 442 g/mol. The van der Waals surface area contributed by atoms with E-state index in [2.05, 4.69) is 121 Å². The zero-order chi connectivity index (χ0) is 20.4. The Hall–Kier alpha value is -2.71. The van der Waals surface area contributed by atoms with Crippen molar-refractivity contribution >= 4 is 15.9 Å². The summed E-state index contributed by atoms with van der Waals surface area (Å²) in [5, 5.41) is 0. The molecule has 0 saturated heterocycles. The number of aromatic nitrogens is 1. The molecule has 0 amide bonds. The van der Waals surface area contributed by atoms with Crippen molar-refractivity contribution in [3.8, 4) is 33.5 Å². The molecule has 0 N–H and O–H groups in total. The van der Waals surface area contributed by atoms with Crippen molar-refractivity contribution in [2.24, 2.45) is 0 Å². The van der Waals surface area contributed by atoms with Crippen LogP contribution < -0.4 is 0 Å². The lowest BCUT2D eigenvalue weighted by molar-refractivity contribution is 0.589. The third kappa shape index (κ3) is 4.18. The molecule has 1 heterocycles. The maximum absolute atomic E-state index is 4.67. The van der Waals surface area contributed by atoms with Crippen LogP contribution in [-0.2, 0) is 5.41 Å². The molecule has 0 aliphatic carbocycles. The van der Waals surface area contributed by atoms with Crippen LogP contribution >= 0.6 is 15.9 Å². The summed E-state index contributed by atoms with van der Waals surface area (Å²) in [7, 11) is 0. The Labute approximate surface area is 181 Å². The third-order valence-electron chi connectivity index (χ3n) is 5.19. The quantitative estimate of drug-likeness (QED) is 0.312. The molecule has 144 valence electrons.